The van der Waals surface area contributed by atoms with E-state index in [9.17, 15) is 4.79 Å². The molecule has 0 radical (unpaired) electrons. The van der Waals surface area contributed by atoms with Crippen LogP contribution in [0.1, 0.15) is 6.92 Å². The Labute approximate surface area is 108 Å². The summed E-state index contributed by atoms with van der Waals surface area (Å²) in [5.41, 5.74) is 0. The molecule has 1 aromatic rings. The summed E-state index contributed by atoms with van der Waals surface area (Å²) in [5, 5.41) is 0.614. The molecule has 5 heteroatoms. The second-order valence-corrected chi connectivity index (χ2v) is 4.90. The summed E-state index contributed by atoms with van der Waals surface area (Å²) in [7, 11) is 0. The van der Waals surface area contributed by atoms with Crippen molar-refractivity contribution in [1.82, 2.24) is 0 Å². The van der Waals surface area contributed by atoms with Crippen molar-refractivity contribution in [3.05, 3.63) is 29.3 Å². The van der Waals surface area contributed by atoms with E-state index in [4.69, 9.17) is 21.1 Å². The second-order valence-electron chi connectivity index (χ2n) is 3.09. The Balaban J connectivity index is 2.23. The molecule has 0 amide bonds. The average Bonchev–Trinajstić information content (AvgIpc) is 2.24. The lowest BCUT2D eigenvalue weighted by atomic mass is 10.3. The summed E-state index contributed by atoms with van der Waals surface area (Å²) in [6.07, 6.45) is 0. The van der Waals surface area contributed by atoms with Crippen molar-refractivity contribution in [2.75, 3.05) is 13.2 Å². The Morgan fingerprint density at radius 1 is 1.50 bits per heavy atom. The predicted octanol–water partition coefficient (Wildman–Crippen LogP) is 3.05. The summed E-state index contributed by atoms with van der Waals surface area (Å²) >= 11 is 8.89. The summed E-state index contributed by atoms with van der Waals surface area (Å²) in [6, 6.07) is 7.06. The molecule has 0 saturated heterocycles. The van der Waals surface area contributed by atoms with Crippen LogP contribution in [0.15, 0.2) is 24.3 Å². The molecule has 1 aromatic carbocycles. The molecule has 1 rings (SSSR count). The first-order valence-electron chi connectivity index (χ1n) is 4.78. The van der Waals surface area contributed by atoms with Crippen molar-refractivity contribution in [3.8, 4) is 5.75 Å². The topological polar surface area (TPSA) is 35.5 Å². The summed E-state index contributed by atoms with van der Waals surface area (Å²) in [5.74, 6) is 0.366. The van der Waals surface area contributed by atoms with Gasteiger partial charge in [-0.2, -0.15) is 0 Å². The molecule has 0 N–H and O–H groups in total. The molecule has 0 saturated carbocycles. The van der Waals surface area contributed by atoms with Gasteiger partial charge < -0.3 is 9.47 Å². The van der Waals surface area contributed by atoms with Gasteiger partial charge in [-0.15, -0.1) is 0 Å². The van der Waals surface area contributed by atoms with Gasteiger partial charge in [0.15, 0.2) is 0 Å². The van der Waals surface area contributed by atoms with Crippen molar-refractivity contribution in [2.45, 2.75) is 11.8 Å². The molecule has 88 valence electrons. The molecule has 16 heavy (non-hydrogen) atoms. The smallest absolute Gasteiger partial charge is 0.319 e. The highest BCUT2D eigenvalue weighted by Crippen LogP contribution is 2.16. The number of alkyl halides is 1. The van der Waals surface area contributed by atoms with Crippen LogP contribution in [0.5, 0.6) is 5.75 Å². The van der Waals surface area contributed by atoms with Crippen LogP contribution in [0.4, 0.5) is 0 Å². The molecule has 0 fully saturated rings. The van der Waals surface area contributed by atoms with Crippen molar-refractivity contribution >= 4 is 33.5 Å². The zero-order chi connectivity index (χ0) is 12.0. The number of hydrogen-bond acceptors (Lipinski definition) is 3. The zero-order valence-electron chi connectivity index (χ0n) is 8.78. The molecule has 0 bridgehead atoms. The molecular formula is C11H12BrClO3. The van der Waals surface area contributed by atoms with Gasteiger partial charge in [0.2, 0.25) is 0 Å². The van der Waals surface area contributed by atoms with Crippen LogP contribution >= 0.6 is 27.5 Å². The van der Waals surface area contributed by atoms with Gasteiger partial charge in [-0.25, -0.2) is 0 Å². The number of carbonyl (C=O) groups excluding carboxylic acids is 1. The lowest BCUT2D eigenvalue weighted by Crippen LogP contribution is -2.17. The number of rotatable bonds is 5. The Kier molecular flexibility index (Phi) is 5.63. The fourth-order valence-corrected chi connectivity index (χ4v) is 1.29. The molecule has 3 nitrogen and oxygen atoms in total. The highest BCUT2D eigenvalue weighted by atomic mass is 79.9. The van der Waals surface area contributed by atoms with Gasteiger partial charge in [-0.3, -0.25) is 4.79 Å². The van der Waals surface area contributed by atoms with Gasteiger partial charge in [-0.1, -0.05) is 33.6 Å². The van der Waals surface area contributed by atoms with Crippen LogP contribution in [0, 0.1) is 0 Å². The van der Waals surface area contributed by atoms with Gasteiger partial charge in [0.05, 0.1) is 0 Å². The van der Waals surface area contributed by atoms with Gasteiger partial charge in [0, 0.05) is 5.02 Å². The third kappa shape index (κ3) is 4.86. The number of halogens is 2. The van der Waals surface area contributed by atoms with E-state index in [0.717, 1.165) is 0 Å². The predicted molar refractivity (Wildman–Crippen MR) is 66.3 cm³/mol. The van der Waals surface area contributed by atoms with Crippen LogP contribution in [0.3, 0.4) is 0 Å². The molecule has 0 heterocycles. The highest BCUT2D eigenvalue weighted by Gasteiger charge is 2.09. The number of hydrogen-bond donors (Lipinski definition) is 0. The van der Waals surface area contributed by atoms with Crippen LogP contribution in [-0.2, 0) is 9.53 Å². The monoisotopic (exact) mass is 306 g/mol. The van der Waals surface area contributed by atoms with Crippen LogP contribution in [0.2, 0.25) is 5.02 Å². The van der Waals surface area contributed by atoms with Crippen molar-refractivity contribution in [1.29, 1.82) is 0 Å². The van der Waals surface area contributed by atoms with E-state index in [2.05, 4.69) is 15.9 Å². The van der Waals surface area contributed by atoms with E-state index in [1.807, 2.05) is 0 Å². The van der Waals surface area contributed by atoms with E-state index in [1.165, 1.54) is 0 Å². The van der Waals surface area contributed by atoms with Crippen LogP contribution in [-0.4, -0.2) is 24.0 Å². The van der Waals surface area contributed by atoms with E-state index < -0.39 is 0 Å². The molecule has 0 aliphatic carbocycles. The largest absolute Gasteiger partial charge is 0.490 e. The van der Waals surface area contributed by atoms with Gasteiger partial charge in [0.25, 0.3) is 0 Å². The third-order valence-corrected chi connectivity index (χ3v) is 2.33. The molecular weight excluding hydrogens is 295 g/mol. The first-order chi connectivity index (χ1) is 7.59. The third-order valence-electron chi connectivity index (χ3n) is 1.72. The van der Waals surface area contributed by atoms with E-state index in [0.29, 0.717) is 17.4 Å². The molecule has 1 unspecified atom stereocenters. The normalized spacial score (nSPS) is 11.9. The minimum atomic E-state index is -0.297. The number of benzene rings is 1. The number of esters is 1. The van der Waals surface area contributed by atoms with E-state index >= 15 is 0 Å². The Hall–Kier alpha value is -0.740. The molecule has 0 aromatic heterocycles. The Morgan fingerprint density at radius 2 is 2.25 bits per heavy atom. The van der Waals surface area contributed by atoms with Crippen molar-refractivity contribution < 1.29 is 14.3 Å². The Morgan fingerprint density at radius 3 is 2.88 bits per heavy atom. The van der Waals surface area contributed by atoms with Crippen molar-refractivity contribution in [3.63, 3.8) is 0 Å². The maximum atomic E-state index is 11.1. The lowest BCUT2D eigenvalue weighted by molar-refractivity contribution is -0.143. The lowest BCUT2D eigenvalue weighted by Gasteiger charge is -2.08. The molecule has 1 atom stereocenters. The standard InChI is InChI=1S/C11H12BrClO3/c1-8(12)11(14)16-6-5-15-10-4-2-3-9(13)7-10/h2-4,7-8H,5-6H2,1H3. The number of ether oxygens (including phenoxy) is 2. The summed E-state index contributed by atoms with van der Waals surface area (Å²) in [6.45, 7) is 2.24. The molecule has 0 spiro atoms. The molecule has 0 aliphatic heterocycles. The average molecular weight is 308 g/mol. The van der Waals surface area contributed by atoms with E-state index in [1.54, 1.807) is 31.2 Å². The van der Waals surface area contributed by atoms with Gasteiger partial charge in [0.1, 0.15) is 23.8 Å². The SMILES string of the molecule is CC(Br)C(=O)OCCOc1cccc(Cl)c1. The maximum absolute atomic E-state index is 11.1. The maximum Gasteiger partial charge on any atom is 0.319 e. The van der Waals surface area contributed by atoms with Crippen LogP contribution < -0.4 is 4.74 Å². The van der Waals surface area contributed by atoms with Crippen LogP contribution in [0.25, 0.3) is 0 Å². The fraction of sp³-hybridized carbons (Fsp3) is 0.364. The van der Waals surface area contributed by atoms with Gasteiger partial charge >= 0.3 is 5.97 Å². The first kappa shape index (κ1) is 13.3. The fourth-order valence-electron chi connectivity index (χ4n) is 0.973. The first-order valence-corrected chi connectivity index (χ1v) is 6.08. The Bertz CT molecular complexity index is 355. The summed E-state index contributed by atoms with van der Waals surface area (Å²) < 4.78 is 10.3. The summed E-state index contributed by atoms with van der Waals surface area (Å²) in [4.78, 5) is 10.8. The zero-order valence-corrected chi connectivity index (χ0v) is 11.1. The number of carbonyl (C=O) groups is 1. The quantitative estimate of drug-likeness (QED) is 0.476. The second kappa shape index (κ2) is 6.76. The minimum Gasteiger partial charge on any atom is -0.490 e. The van der Waals surface area contributed by atoms with E-state index in [-0.39, 0.29) is 17.4 Å². The van der Waals surface area contributed by atoms with Crippen molar-refractivity contribution in [2.24, 2.45) is 0 Å². The highest BCUT2D eigenvalue weighted by molar-refractivity contribution is 9.10. The molecule has 0 aliphatic rings. The minimum absolute atomic E-state index is 0.223. The van der Waals surface area contributed by atoms with Gasteiger partial charge in [-0.05, 0) is 25.1 Å².